The van der Waals surface area contributed by atoms with Crippen LogP contribution in [-0.2, 0) is 4.79 Å². The quantitative estimate of drug-likeness (QED) is 0.797. The van der Waals surface area contributed by atoms with E-state index in [0.717, 1.165) is 5.69 Å². The summed E-state index contributed by atoms with van der Waals surface area (Å²) in [6.07, 6.45) is 1.70. The van der Waals surface area contributed by atoms with Crippen molar-refractivity contribution in [1.29, 1.82) is 0 Å². The van der Waals surface area contributed by atoms with Gasteiger partial charge in [-0.2, -0.15) is 0 Å². The van der Waals surface area contributed by atoms with E-state index in [9.17, 15) is 4.79 Å². The van der Waals surface area contributed by atoms with Gasteiger partial charge in [0, 0.05) is 13.1 Å². The second-order valence-corrected chi connectivity index (χ2v) is 5.13. The number of aromatic nitrogens is 1. The molecule has 0 spiro atoms. The lowest BCUT2D eigenvalue weighted by molar-refractivity contribution is -0.138. The highest BCUT2D eigenvalue weighted by Gasteiger charge is 2.41. The highest BCUT2D eigenvalue weighted by molar-refractivity contribution is 8.00. The van der Waals surface area contributed by atoms with Gasteiger partial charge in [0.05, 0.1) is 16.9 Å². The average Bonchev–Trinajstić information content (AvgIpc) is 2.46. The van der Waals surface area contributed by atoms with Crippen molar-refractivity contribution >= 4 is 17.7 Å². The van der Waals surface area contributed by atoms with Crippen LogP contribution in [0, 0.1) is 6.92 Å². The molecule has 0 bridgehead atoms. The molecule has 2 rings (SSSR count). The van der Waals surface area contributed by atoms with E-state index >= 15 is 0 Å². The Kier molecular flexibility index (Phi) is 2.70. The van der Waals surface area contributed by atoms with E-state index < -0.39 is 5.97 Å². The fourth-order valence-corrected chi connectivity index (χ4v) is 2.68. The fourth-order valence-electron chi connectivity index (χ4n) is 1.48. The zero-order valence-corrected chi connectivity index (χ0v) is 9.13. The molecule has 2 N–H and O–H groups in total. The van der Waals surface area contributed by atoms with Crippen LogP contribution in [0.3, 0.4) is 0 Å². The Hall–Kier alpha value is -1.01. The van der Waals surface area contributed by atoms with Gasteiger partial charge in [-0.15, -0.1) is 0 Å². The average molecular weight is 228 g/mol. The number of thioether (sulfide) groups is 1. The second-order valence-electron chi connectivity index (χ2n) is 3.71. The number of nitrogens with zero attached hydrogens (tertiary/aromatic N) is 1. The summed E-state index contributed by atoms with van der Waals surface area (Å²) in [6.45, 7) is 3.22. The Balaban J connectivity index is 2.04. The molecule has 1 fully saturated rings. The van der Waals surface area contributed by atoms with Gasteiger partial charge in [0.15, 0.2) is 0 Å². The predicted molar refractivity (Wildman–Crippen MR) is 55.0 cm³/mol. The maximum absolute atomic E-state index is 10.7. The first kappa shape index (κ1) is 10.5. The number of carbonyl (C=O) groups is 1. The summed E-state index contributed by atoms with van der Waals surface area (Å²) < 4.78 is 4.92. The van der Waals surface area contributed by atoms with Crippen LogP contribution in [0.4, 0.5) is 0 Å². The number of aryl methyl sites for hydroxylation is 1. The minimum atomic E-state index is -0.785. The standard InChI is InChI=1S/C9H12N2O3S/c1-6-3-14-8(11-6)15-9(2-7(12)13)4-10-5-9/h3,10H,2,4-5H2,1H3,(H,12,13). The summed E-state index contributed by atoms with van der Waals surface area (Å²) >= 11 is 1.41. The lowest BCUT2D eigenvalue weighted by atomic mass is 9.98. The topological polar surface area (TPSA) is 75.4 Å². The van der Waals surface area contributed by atoms with E-state index in [2.05, 4.69) is 10.3 Å². The monoisotopic (exact) mass is 228 g/mol. The molecular weight excluding hydrogens is 216 g/mol. The Morgan fingerprint density at radius 1 is 1.80 bits per heavy atom. The van der Waals surface area contributed by atoms with Crippen LogP contribution >= 0.6 is 11.8 Å². The first-order valence-electron chi connectivity index (χ1n) is 4.63. The third kappa shape index (κ3) is 2.32. The molecule has 5 nitrogen and oxygen atoms in total. The van der Waals surface area contributed by atoms with E-state index in [1.165, 1.54) is 11.8 Å². The van der Waals surface area contributed by atoms with Gasteiger partial charge in [-0.1, -0.05) is 11.8 Å². The molecule has 1 aromatic heterocycles. The van der Waals surface area contributed by atoms with Crippen molar-refractivity contribution in [3.8, 4) is 0 Å². The number of nitrogens with one attached hydrogen (secondary N) is 1. The van der Waals surface area contributed by atoms with E-state index in [4.69, 9.17) is 9.52 Å². The summed E-state index contributed by atoms with van der Waals surface area (Å²) in [5.41, 5.74) is 0.815. The van der Waals surface area contributed by atoms with Crippen LogP contribution in [0.2, 0.25) is 0 Å². The molecule has 0 unspecified atom stereocenters. The molecule has 0 saturated carbocycles. The largest absolute Gasteiger partial charge is 0.481 e. The normalized spacial score (nSPS) is 18.5. The minimum Gasteiger partial charge on any atom is -0.481 e. The zero-order valence-electron chi connectivity index (χ0n) is 8.32. The molecule has 0 radical (unpaired) electrons. The molecule has 0 aromatic carbocycles. The molecule has 1 aromatic rings. The van der Waals surface area contributed by atoms with Gasteiger partial charge in [-0.25, -0.2) is 4.98 Å². The molecule has 1 aliphatic rings. The lowest BCUT2D eigenvalue weighted by Crippen LogP contribution is -2.57. The first-order chi connectivity index (χ1) is 7.10. The summed E-state index contributed by atoms with van der Waals surface area (Å²) in [4.78, 5) is 14.9. The van der Waals surface area contributed by atoms with Crippen molar-refractivity contribution < 1.29 is 14.3 Å². The smallest absolute Gasteiger partial charge is 0.304 e. The summed E-state index contributed by atoms with van der Waals surface area (Å²) in [6, 6.07) is 0. The van der Waals surface area contributed by atoms with Crippen LogP contribution in [0.5, 0.6) is 0 Å². The third-order valence-electron chi connectivity index (χ3n) is 2.27. The number of hydrogen-bond donors (Lipinski definition) is 2. The number of hydrogen-bond acceptors (Lipinski definition) is 5. The van der Waals surface area contributed by atoms with Crippen molar-refractivity contribution in [2.75, 3.05) is 13.1 Å². The predicted octanol–water partition coefficient (Wildman–Crippen LogP) is 0.892. The molecule has 0 atom stereocenters. The number of rotatable bonds is 4. The molecule has 1 saturated heterocycles. The van der Waals surface area contributed by atoms with Crippen LogP contribution in [0.25, 0.3) is 0 Å². The lowest BCUT2D eigenvalue weighted by Gasteiger charge is -2.39. The highest BCUT2D eigenvalue weighted by atomic mass is 32.2. The van der Waals surface area contributed by atoms with Gasteiger partial charge in [-0.05, 0) is 6.92 Å². The number of carboxylic acids is 1. The van der Waals surface area contributed by atoms with Crippen molar-refractivity contribution in [1.82, 2.24) is 10.3 Å². The van der Waals surface area contributed by atoms with E-state index in [0.29, 0.717) is 18.3 Å². The summed E-state index contributed by atoms with van der Waals surface area (Å²) in [5.74, 6) is -0.785. The van der Waals surface area contributed by atoms with Crippen molar-refractivity contribution in [2.24, 2.45) is 0 Å². The maximum Gasteiger partial charge on any atom is 0.304 e. The molecule has 0 amide bonds. The van der Waals surface area contributed by atoms with Crippen LogP contribution < -0.4 is 5.32 Å². The Labute approximate surface area is 91.3 Å². The molecule has 2 heterocycles. The maximum atomic E-state index is 10.7. The van der Waals surface area contributed by atoms with E-state index in [-0.39, 0.29) is 11.2 Å². The van der Waals surface area contributed by atoms with Gasteiger partial charge in [-0.3, -0.25) is 4.79 Å². The van der Waals surface area contributed by atoms with Crippen molar-refractivity contribution in [3.05, 3.63) is 12.0 Å². The Bertz CT molecular complexity index is 373. The van der Waals surface area contributed by atoms with Gasteiger partial charge in [0.2, 0.25) is 0 Å². The first-order valence-corrected chi connectivity index (χ1v) is 5.45. The Morgan fingerprint density at radius 2 is 2.53 bits per heavy atom. The molecule has 6 heteroatoms. The number of aliphatic carboxylic acids is 1. The van der Waals surface area contributed by atoms with E-state index in [1.807, 2.05) is 6.92 Å². The van der Waals surface area contributed by atoms with Gasteiger partial charge in [0.25, 0.3) is 5.22 Å². The number of carboxylic acid groups (broad SMARTS) is 1. The summed E-state index contributed by atoms with van der Waals surface area (Å²) in [7, 11) is 0. The van der Waals surface area contributed by atoms with Crippen molar-refractivity contribution in [3.63, 3.8) is 0 Å². The van der Waals surface area contributed by atoms with Gasteiger partial charge < -0.3 is 14.8 Å². The second kappa shape index (κ2) is 3.86. The fraction of sp³-hybridized carbons (Fsp3) is 0.556. The van der Waals surface area contributed by atoms with Gasteiger partial charge >= 0.3 is 5.97 Å². The molecule has 15 heavy (non-hydrogen) atoms. The SMILES string of the molecule is Cc1coc(SC2(CC(=O)O)CNC2)n1. The summed E-state index contributed by atoms with van der Waals surface area (Å²) in [5, 5.41) is 12.4. The number of oxazole rings is 1. The minimum absolute atomic E-state index is 0.131. The van der Waals surface area contributed by atoms with Crippen LogP contribution in [-0.4, -0.2) is 33.9 Å². The molecule has 82 valence electrons. The van der Waals surface area contributed by atoms with Crippen LogP contribution in [0.1, 0.15) is 12.1 Å². The molecular formula is C9H12N2O3S. The van der Waals surface area contributed by atoms with Crippen molar-refractivity contribution in [2.45, 2.75) is 23.3 Å². The van der Waals surface area contributed by atoms with Gasteiger partial charge in [0.1, 0.15) is 6.26 Å². The van der Waals surface area contributed by atoms with E-state index in [1.54, 1.807) is 6.26 Å². The third-order valence-corrected chi connectivity index (χ3v) is 3.50. The Morgan fingerprint density at radius 3 is 2.93 bits per heavy atom. The molecule has 0 aliphatic carbocycles. The highest BCUT2D eigenvalue weighted by Crippen LogP contribution is 2.38. The molecule has 1 aliphatic heterocycles. The van der Waals surface area contributed by atoms with Crippen LogP contribution in [0.15, 0.2) is 15.9 Å². The zero-order chi connectivity index (χ0) is 10.9.